The third kappa shape index (κ3) is 3.15. The first-order valence-corrected chi connectivity index (χ1v) is 7.70. The number of carbonyl (C=O) groups excluding carboxylic acids is 2. The van der Waals surface area contributed by atoms with Gasteiger partial charge in [0.2, 0.25) is 5.91 Å². The van der Waals surface area contributed by atoms with E-state index in [0.717, 1.165) is 6.42 Å². The van der Waals surface area contributed by atoms with Gasteiger partial charge in [0, 0.05) is 24.7 Å². The lowest BCUT2D eigenvalue weighted by atomic mass is 10.1. The molecule has 1 atom stereocenters. The van der Waals surface area contributed by atoms with E-state index < -0.39 is 17.9 Å². The second-order valence-electron chi connectivity index (χ2n) is 5.72. The fourth-order valence-corrected chi connectivity index (χ4v) is 2.62. The lowest BCUT2D eigenvalue weighted by Gasteiger charge is -2.17. The number of rotatable bonds is 4. The average Bonchev–Trinajstić information content (AvgIpc) is 3.16. The first-order valence-electron chi connectivity index (χ1n) is 7.70. The topological polar surface area (TPSA) is 72.6 Å². The minimum atomic E-state index is -0.811. The van der Waals surface area contributed by atoms with Crippen molar-refractivity contribution in [3.05, 3.63) is 47.1 Å². The highest BCUT2D eigenvalue weighted by atomic mass is 19.1. The molecule has 1 saturated heterocycles. The number of hydrogen-bond acceptors (Lipinski definition) is 5. The maximum absolute atomic E-state index is 14.0. The molecule has 24 heavy (non-hydrogen) atoms. The van der Waals surface area contributed by atoms with Crippen LogP contribution in [0, 0.1) is 12.7 Å². The number of benzene rings is 1. The van der Waals surface area contributed by atoms with E-state index in [1.54, 1.807) is 24.8 Å². The molecule has 2 aromatic rings. The van der Waals surface area contributed by atoms with E-state index in [-0.39, 0.29) is 11.5 Å². The molecule has 0 radical (unpaired) electrons. The molecule has 0 bridgehead atoms. The predicted molar refractivity (Wildman–Crippen MR) is 83.1 cm³/mol. The summed E-state index contributed by atoms with van der Waals surface area (Å²) in [5, 5.41) is 3.78. The van der Waals surface area contributed by atoms with Crippen LogP contribution in [-0.2, 0) is 9.53 Å². The fraction of sp³-hybridized carbons (Fsp3) is 0.353. The Kier molecular flexibility index (Phi) is 4.33. The van der Waals surface area contributed by atoms with Crippen molar-refractivity contribution in [1.82, 2.24) is 5.16 Å². The summed E-state index contributed by atoms with van der Waals surface area (Å²) in [5.41, 5.74) is 0.738. The van der Waals surface area contributed by atoms with Gasteiger partial charge in [-0.1, -0.05) is 5.16 Å². The molecule has 0 spiro atoms. The molecule has 1 aromatic carbocycles. The molecule has 1 fully saturated rings. The summed E-state index contributed by atoms with van der Waals surface area (Å²) in [6.45, 7) is 3.91. The van der Waals surface area contributed by atoms with Gasteiger partial charge >= 0.3 is 5.97 Å². The number of hydrogen-bond donors (Lipinski definition) is 0. The number of esters is 1. The number of nitrogens with zero attached hydrogens (tertiary/aromatic N) is 2. The molecule has 1 amide bonds. The van der Waals surface area contributed by atoms with E-state index in [9.17, 15) is 14.0 Å². The third-order valence-electron chi connectivity index (χ3n) is 3.90. The number of carbonyl (C=O) groups is 2. The molecule has 7 heteroatoms. The molecule has 1 aromatic heterocycles. The first-order chi connectivity index (χ1) is 11.5. The Morgan fingerprint density at radius 2 is 2.21 bits per heavy atom. The van der Waals surface area contributed by atoms with Crippen molar-refractivity contribution in [2.75, 3.05) is 11.4 Å². The van der Waals surface area contributed by atoms with E-state index in [1.165, 1.54) is 18.2 Å². The molecular formula is C17H17FN2O4. The Hall–Kier alpha value is -2.70. The second kappa shape index (κ2) is 6.43. The largest absolute Gasteiger partial charge is 0.452 e. The Morgan fingerprint density at radius 1 is 1.42 bits per heavy atom. The average molecular weight is 332 g/mol. The van der Waals surface area contributed by atoms with Crippen LogP contribution in [0.15, 0.2) is 28.8 Å². The number of aryl methyl sites for hydroxylation is 1. The number of ether oxygens (including phenoxy) is 1. The van der Waals surface area contributed by atoms with Crippen molar-refractivity contribution in [2.24, 2.45) is 0 Å². The monoisotopic (exact) mass is 332 g/mol. The Labute approximate surface area is 138 Å². The summed E-state index contributed by atoms with van der Waals surface area (Å²) < 4.78 is 24.2. The lowest BCUT2D eigenvalue weighted by molar-refractivity contribution is -0.117. The van der Waals surface area contributed by atoms with Crippen LogP contribution in [0.1, 0.15) is 47.7 Å². The molecule has 3 rings (SSSR count). The van der Waals surface area contributed by atoms with E-state index >= 15 is 0 Å². The smallest absolute Gasteiger partial charge is 0.341 e. The number of halogens is 1. The molecule has 1 aliphatic rings. The van der Waals surface area contributed by atoms with Gasteiger partial charge in [-0.3, -0.25) is 4.79 Å². The van der Waals surface area contributed by atoms with Crippen LogP contribution in [0.3, 0.4) is 0 Å². The Morgan fingerprint density at radius 3 is 2.83 bits per heavy atom. The summed E-state index contributed by atoms with van der Waals surface area (Å²) in [6, 6.07) is 5.65. The molecule has 1 aliphatic heterocycles. The zero-order valence-electron chi connectivity index (χ0n) is 13.4. The van der Waals surface area contributed by atoms with Gasteiger partial charge in [0.05, 0.1) is 5.56 Å². The summed E-state index contributed by atoms with van der Waals surface area (Å²) in [4.78, 5) is 25.6. The van der Waals surface area contributed by atoms with Crippen LogP contribution < -0.4 is 4.90 Å². The highest BCUT2D eigenvalue weighted by Crippen LogP contribution is 2.25. The van der Waals surface area contributed by atoms with E-state index in [0.29, 0.717) is 30.1 Å². The van der Waals surface area contributed by atoms with E-state index in [2.05, 4.69) is 5.16 Å². The SMILES string of the molecule is Cc1cc([C@@H](C)OC(=O)c2cc(N3CCCC3=O)ccc2F)no1. The highest BCUT2D eigenvalue weighted by molar-refractivity contribution is 5.97. The van der Waals surface area contributed by atoms with Gasteiger partial charge in [-0.2, -0.15) is 0 Å². The molecule has 126 valence electrons. The predicted octanol–water partition coefficient (Wildman–Crippen LogP) is 3.17. The van der Waals surface area contributed by atoms with Crippen LogP contribution in [0.25, 0.3) is 0 Å². The minimum absolute atomic E-state index is 0.0348. The molecule has 0 aliphatic carbocycles. The molecule has 6 nitrogen and oxygen atoms in total. The van der Waals surface area contributed by atoms with Crippen LogP contribution in [0.2, 0.25) is 0 Å². The van der Waals surface area contributed by atoms with Crippen molar-refractivity contribution < 1.29 is 23.2 Å². The van der Waals surface area contributed by atoms with E-state index in [4.69, 9.17) is 9.26 Å². The van der Waals surface area contributed by atoms with Crippen LogP contribution in [0.4, 0.5) is 10.1 Å². The minimum Gasteiger partial charge on any atom is -0.452 e. The molecule has 0 saturated carbocycles. The first kappa shape index (κ1) is 16.2. The molecule has 2 heterocycles. The zero-order chi connectivity index (χ0) is 17.3. The van der Waals surface area contributed by atoms with Crippen LogP contribution in [0.5, 0.6) is 0 Å². The van der Waals surface area contributed by atoms with Crippen molar-refractivity contribution in [2.45, 2.75) is 32.8 Å². The summed E-state index contributed by atoms with van der Waals surface area (Å²) in [7, 11) is 0. The third-order valence-corrected chi connectivity index (χ3v) is 3.90. The quantitative estimate of drug-likeness (QED) is 0.804. The number of amides is 1. The maximum atomic E-state index is 14.0. The Bertz CT molecular complexity index is 787. The van der Waals surface area contributed by atoms with Gasteiger partial charge in [-0.25, -0.2) is 9.18 Å². The highest BCUT2D eigenvalue weighted by Gasteiger charge is 2.25. The van der Waals surface area contributed by atoms with Crippen LogP contribution >= 0.6 is 0 Å². The van der Waals surface area contributed by atoms with Gasteiger partial charge in [-0.15, -0.1) is 0 Å². The molecule has 0 unspecified atom stereocenters. The van der Waals surface area contributed by atoms with Gasteiger partial charge < -0.3 is 14.2 Å². The van der Waals surface area contributed by atoms with Gasteiger partial charge in [0.15, 0.2) is 0 Å². The standard InChI is InChI=1S/C17H17FN2O4/c1-10-8-15(19-24-10)11(2)23-17(22)13-9-12(5-6-14(13)18)20-7-3-4-16(20)21/h5-6,8-9,11H,3-4,7H2,1-2H3/t11-/m1/s1. The Balaban J connectivity index is 1.80. The number of aromatic nitrogens is 1. The van der Waals surface area contributed by atoms with E-state index in [1.807, 2.05) is 0 Å². The van der Waals surface area contributed by atoms with Gasteiger partial charge in [0.1, 0.15) is 23.4 Å². The van der Waals surface area contributed by atoms with Crippen molar-refractivity contribution in [3.8, 4) is 0 Å². The summed E-state index contributed by atoms with van der Waals surface area (Å²) >= 11 is 0. The van der Waals surface area contributed by atoms with Gasteiger partial charge in [0.25, 0.3) is 0 Å². The van der Waals surface area contributed by atoms with Crippen molar-refractivity contribution >= 4 is 17.6 Å². The summed E-state index contributed by atoms with van der Waals surface area (Å²) in [6.07, 6.45) is 0.532. The maximum Gasteiger partial charge on any atom is 0.341 e. The molecular weight excluding hydrogens is 315 g/mol. The van der Waals surface area contributed by atoms with Crippen LogP contribution in [-0.4, -0.2) is 23.6 Å². The molecule has 0 N–H and O–H groups in total. The zero-order valence-corrected chi connectivity index (χ0v) is 13.4. The summed E-state index contributed by atoms with van der Waals surface area (Å²) in [5.74, 6) is -0.950. The van der Waals surface area contributed by atoms with Crippen molar-refractivity contribution in [3.63, 3.8) is 0 Å². The second-order valence-corrected chi connectivity index (χ2v) is 5.72. The van der Waals surface area contributed by atoms with Gasteiger partial charge in [-0.05, 0) is 38.5 Å². The normalized spacial score (nSPS) is 15.6. The van der Waals surface area contributed by atoms with Crippen molar-refractivity contribution in [1.29, 1.82) is 0 Å². The number of anilines is 1. The fourth-order valence-electron chi connectivity index (χ4n) is 2.62. The lowest BCUT2D eigenvalue weighted by Crippen LogP contribution is -2.24.